The van der Waals surface area contributed by atoms with Crippen molar-refractivity contribution in [1.82, 2.24) is 15.2 Å². The maximum atomic E-state index is 4.83. The Balaban J connectivity index is 1.60. The summed E-state index contributed by atoms with van der Waals surface area (Å²) < 4.78 is 0. The van der Waals surface area contributed by atoms with Crippen molar-refractivity contribution in [3.8, 4) is 0 Å². The second-order valence-corrected chi connectivity index (χ2v) is 7.87. The Morgan fingerprint density at radius 3 is 3.00 bits per heavy atom. The fourth-order valence-corrected chi connectivity index (χ4v) is 4.42. The Hall–Kier alpha value is -0.650. The minimum absolute atomic E-state index is 0.702. The van der Waals surface area contributed by atoms with Gasteiger partial charge in [0, 0.05) is 37.1 Å². The summed E-state index contributed by atoms with van der Waals surface area (Å²) in [6.45, 7) is 13.5. The summed E-state index contributed by atoms with van der Waals surface area (Å²) in [5.74, 6) is 0.702. The normalized spacial score (nSPS) is 23.0. The lowest BCUT2D eigenvalue weighted by Gasteiger charge is -2.37. The maximum Gasteiger partial charge on any atom is 0.185 e. The van der Waals surface area contributed by atoms with Gasteiger partial charge < -0.3 is 10.2 Å². The molecule has 0 saturated carbocycles. The van der Waals surface area contributed by atoms with E-state index in [9.17, 15) is 0 Å². The smallest absolute Gasteiger partial charge is 0.185 e. The molecule has 4 nitrogen and oxygen atoms in total. The summed E-state index contributed by atoms with van der Waals surface area (Å²) in [5, 5.41) is 4.78. The summed E-state index contributed by atoms with van der Waals surface area (Å²) in [5.41, 5.74) is 1.21. The van der Waals surface area contributed by atoms with E-state index in [2.05, 4.69) is 35.9 Å². The molecule has 3 heterocycles. The minimum atomic E-state index is 0.702. The van der Waals surface area contributed by atoms with Crippen LogP contribution in [-0.4, -0.2) is 48.6 Å². The Morgan fingerprint density at radius 1 is 1.33 bits per heavy atom. The number of nitrogens with zero attached hydrogens (tertiary/aromatic N) is 3. The van der Waals surface area contributed by atoms with Gasteiger partial charge in [-0.05, 0) is 38.8 Å². The molecule has 118 valence electrons. The van der Waals surface area contributed by atoms with Gasteiger partial charge in [-0.1, -0.05) is 13.8 Å². The van der Waals surface area contributed by atoms with Crippen LogP contribution in [0, 0.1) is 12.8 Å². The van der Waals surface area contributed by atoms with Crippen molar-refractivity contribution in [3.05, 3.63) is 10.6 Å². The lowest BCUT2D eigenvalue weighted by Crippen LogP contribution is -2.50. The summed E-state index contributed by atoms with van der Waals surface area (Å²) in [6.07, 6.45) is 2.74. The topological polar surface area (TPSA) is 31.4 Å². The molecule has 0 spiro atoms. The molecule has 0 aliphatic carbocycles. The zero-order chi connectivity index (χ0) is 14.8. The number of anilines is 1. The lowest BCUT2D eigenvalue weighted by molar-refractivity contribution is 0.231. The van der Waals surface area contributed by atoms with Crippen molar-refractivity contribution in [2.75, 3.05) is 37.6 Å². The van der Waals surface area contributed by atoms with Gasteiger partial charge in [0.25, 0.3) is 0 Å². The van der Waals surface area contributed by atoms with E-state index in [0.29, 0.717) is 5.92 Å². The van der Waals surface area contributed by atoms with Gasteiger partial charge >= 0.3 is 0 Å². The summed E-state index contributed by atoms with van der Waals surface area (Å²) in [4.78, 5) is 11.4. The first kappa shape index (κ1) is 15.3. The van der Waals surface area contributed by atoms with E-state index in [1.54, 1.807) is 0 Å². The molecule has 0 radical (unpaired) electrons. The third-order valence-electron chi connectivity index (χ3n) is 4.58. The molecule has 2 aliphatic heterocycles. The molecule has 2 aliphatic rings. The van der Waals surface area contributed by atoms with Crippen molar-refractivity contribution < 1.29 is 0 Å². The molecule has 1 N–H and O–H groups in total. The van der Waals surface area contributed by atoms with E-state index >= 15 is 0 Å². The van der Waals surface area contributed by atoms with E-state index in [0.717, 1.165) is 25.7 Å². The van der Waals surface area contributed by atoms with Crippen LogP contribution in [0.15, 0.2) is 0 Å². The standard InChI is InChI=1S/C16H28N4S/c1-12(2)9-17-10-15-13(3)18-16(21-15)20-8-7-19-6-4-5-14(19)11-20/h12,14,17H,4-11H2,1-3H3. The first-order valence-corrected chi connectivity index (χ1v) is 9.11. The van der Waals surface area contributed by atoms with Crippen LogP contribution in [-0.2, 0) is 6.54 Å². The van der Waals surface area contributed by atoms with Crippen molar-refractivity contribution in [3.63, 3.8) is 0 Å². The van der Waals surface area contributed by atoms with Crippen LogP contribution in [0.2, 0.25) is 0 Å². The Bertz CT molecular complexity index is 471. The largest absolute Gasteiger partial charge is 0.345 e. The number of aromatic nitrogens is 1. The number of thiazole rings is 1. The second kappa shape index (κ2) is 6.63. The lowest BCUT2D eigenvalue weighted by atomic mass is 10.2. The number of piperazine rings is 1. The van der Waals surface area contributed by atoms with Gasteiger partial charge in [-0.25, -0.2) is 4.98 Å². The number of nitrogens with one attached hydrogen (secondary N) is 1. The van der Waals surface area contributed by atoms with Gasteiger partial charge in [0.15, 0.2) is 5.13 Å². The van der Waals surface area contributed by atoms with Crippen molar-refractivity contribution in [2.45, 2.75) is 46.2 Å². The highest BCUT2D eigenvalue weighted by Gasteiger charge is 2.31. The summed E-state index contributed by atoms with van der Waals surface area (Å²) >= 11 is 1.89. The molecule has 1 aromatic rings. The van der Waals surface area contributed by atoms with Crippen LogP contribution in [0.3, 0.4) is 0 Å². The van der Waals surface area contributed by atoms with Crippen LogP contribution in [0.5, 0.6) is 0 Å². The van der Waals surface area contributed by atoms with Crippen molar-refractivity contribution >= 4 is 16.5 Å². The quantitative estimate of drug-likeness (QED) is 0.905. The third kappa shape index (κ3) is 3.58. The van der Waals surface area contributed by atoms with Crippen molar-refractivity contribution in [1.29, 1.82) is 0 Å². The van der Waals surface area contributed by atoms with Crippen LogP contribution >= 0.6 is 11.3 Å². The van der Waals surface area contributed by atoms with Gasteiger partial charge in [-0.2, -0.15) is 0 Å². The molecule has 0 aromatic carbocycles. The van der Waals surface area contributed by atoms with E-state index < -0.39 is 0 Å². The number of hydrogen-bond acceptors (Lipinski definition) is 5. The predicted molar refractivity (Wildman–Crippen MR) is 90.2 cm³/mol. The summed E-state index contributed by atoms with van der Waals surface area (Å²) in [6, 6.07) is 0.769. The average molecular weight is 308 g/mol. The molecule has 5 heteroatoms. The molecule has 2 saturated heterocycles. The average Bonchev–Trinajstić information content (AvgIpc) is 3.04. The highest BCUT2D eigenvalue weighted by Crippen LogP contribution is 2.30. The van der Waals surface area contributed by atoms with Gasteiger partial charge in [-0.3, -0.25) is 4.90 Å². The zero-order valence-corrected chi connectivity index (χ0v) is 14.4. The molecule has 1 atom stereocenters. The minimum Gasteiger partial charge on any atom is -0.345 e. The first-order chi connectivity index (χ1) is 10.1. The van der Waals surface area contributed by atoms with E-state index in [1.165, 1.54) is 48.2 Å². The number of fused-ring (bicyclic) bond motifs is 1. The van der Waals surface area contributed by atoms with Gasteiger partial charge in [0.2, 0.25) is 0 Å². The highest BCUT2D eigenvalue weighted by atomic mass is 32.1. The third-order valence-corrected chi connectivity index (χ3v) is 5.80. The predicted octanol–water partition coefficient (Wildman–Crippen LogP) is 2.48. The Morgan fingerprint density at radius 2 is 2.19 bits per heavy atom. The Labute approximate surface area is 132 Å². The fourth-order valence-electron chi connectivity index (χ4n) is 3.35. The molecular weight excluding hydrogens is 280 g/mol. The molecule has 0 bridgehead atoms. The van der Waals surface area contributed by atoms with Gasteiger partial charge in [-0.15, -0.1) is 11.3 Å². The Kier molecular flexibility index (Phi) is 4.82. The molecule has 21 heavy (non-hydrogen) atoms. The monoisotopic (exact) mass is 308 g/mol. The second-order valence-electron chi connectivity index (χ2n) is 6.81. The maximum absolute atomic E-state index is 4.83. The van der Waals surface area contributed by atoms with Crippen LogP contribution in [0.4, 0.5) is 5.13 Å². The van der Waals surface area contributed by atoms with Gasteiger partial charge in [0.1, 0.15) is 0 Å². The van der Waals surface area contributed by atoms with Crippen LogP contribution < -0.4 is 10.2 Å². The molecule has 0 amide bonds. The molecule has 1 aromatic heterocycles. The van der Waals surface area contributed by atoms with E-state index in [-0.39, 0.29) is 0 Å². The van der Waals surface area contributed by atoms with Crippen molar-refractivity contribution in [2.24, 2.45) is 5.92 Å². The molecule has 1 unspecified atom stereocenters. The molecule has 2 fully saturated rings. The van der Waals surface area contributed by atoms with E-state index in [4.69, 9.17) is 4.98 Å². The number of aryl methyl sites for hydroxylation is 1. The highest BCUT2D eigenvalue weighted by molar-refractivity contribution is 7.15. The SMILES string of the molecule is Cc1nc(N2CCN3CCCC3C2)sc1CNCC(C)C. The summed E-state index contributed by atoms with van der Waals surface area (Å²) in [7, 11) is 0. The molecule has 3 rings (SSSR count). The van der Waals surface area contributed by atoms with E-state index in [1.807, 2.05) is 11.3 Å². The van der Waals surface area contributed by atoms with Crippen LogP contribution in [0.1, 0.15) is 37.3 Å². The number of rotatable bonds is 5. The fraction of sp³-hybridized carbons (Fsp3) is 0.812. The zero-order valence-electron chi connectivity index (χ0n) is 13.6. The number of hydrogen-bond donors (Lipinski definition) is 1. The first-order valence-electron chi connectivity index (χ1n) is 8.29. The van der Waals surface area contributed by atoms with Gasteiger partial charge in [0.05, 0.1) is 5.69 Å². The molecular formula is C16H28N4S. The van der Waals surface area contributed by atoms with Crippen LogP contribution in [0.25, 0.3) is 0 Å².